The highest BCUT2D eigenvalue weighted by Gasteiger charge is 2.05. The van der Waals surface area contributed by atoms with E-state index < -0.39 is 4.92 Å². The van der Waals surface area contributed by atoms with Gasteiger partial charge in [0.25, 0.3) is 5.69 Å². The fraction of sp³-hybridized carbons (Fsp3) is 0.444. The molecule has 0 aliphatic rings. The van der Waals surface area contributed by atoms with Gasteiger partial charge in [0.15, 0.2) is 0 Å². The Labute approximate surface area is 87.7 Å². The summed E-state index contributed by atoms with van der Waals surface area (Å²) in [4.78, 5) is 14.0. The third kappa shape index (κ3) is 3.90. The zero-order valence-corrected chi connectivity index (χ0v) is 8.35. The van der Waals surface area contributed by atoms with Crippen LogP contribution in [0.5, 0.6) is 0 Å². The molecule has 0 saturated heterocycles. The third-order valence-corrected chi connectivity index (χ3v) is 1.89. The van der Waals surface area contributed by atoms with Crippen LogP contribution in [0.25, 0.3) is 0 Å². The molecule has 0 bridgehead atoms. The summed E-state index contributed by atoms with van der Waals surface area (Å²) in [6.07, 6.45) is 3.28. The van der Waals surface area contributed by atoms with Gasteiger partial charge in [0.1, 0.15) is 5.82 Å². The van der Waals surface area contributed by atoms with E-state index in [0.29, 0.717) is 12.4 Å². The van der Waals surface area contributed by atoms with E-state index >= 15 is 0 Å². The summed E-state index contributed by atoms with van der Waals surface area (Å²) in [5.41, 5.74) is 5.39. The molecule has 0 atom stereocenters. The van der Waals surface area contributed by atoms with E-state index in [9.17, 15) is 10.1 Å². The first-order valence-electron chi connectivity index (χ1n) is 4.78. The van der Waals surface area contributed by atoms with Gasteiger partial charge in [0, 0.05) is 18.8 Å². The number of hydrogen-bond donors (Lipinski definition) is 2. The SMILES string of the molecule is NCCCCNc1cc([N+](=O)[O-])ccn1. The Bertz CT molecular complexity index is 330. The summed E-state index contributed by atoms with van der Waals surface area (Å²) in [6.45, 7) is 1.38. The molecule has 0 unspecified atom stereocenters. The standard InChI is InChI=1S/C9H14N4O2/c10-4-1-2-5-11-9-7-8(13(14)15)3-6-12-9/h3,6-7H,1-2,4-5,10H2,(H,11,12). The summed E-state index contributed by atoms with van der Waals surface area (Å²) in [5.74, 6) is 0.529. The largest absolute Gasteiger partial charge is 0.370 e. The van der Waals surface area contributed by atoms with E-state index in [1.807, 2.05) is 0 Å². The lowest BCUT2D eigenvalue weighted by molar-refractivity contribution is -0.384. The van der Waals surface area contributed by atoms with Crippen LogP contribution in [0.1, 0.15) is 12.8 Å². The Morgan fingerprint density at radius 1 is 1.53 bits per heavy atom. The summed E-state index contributed by atoms with van der Waals surface area (Å²) >= 11 is 0. The molecule has 1 aromatic heterocycles. The molecule has 0 fully saturated rings. The van der Waals surface area contributed by atoms with Crippen molar-refractivity contribution in [1.29, 1.82) is 0 Å². The number of aromatic nitrogens is 1. The van der Waals surface area contributed by atoms with Crippen molar-refractivity contribution in [2.75, 3.05) is 18.4 Å². The van der Waals surface area contributed by atoms with Crippen LogP contribution in [-0.4, -0.2) is 23.0 Å². The van der Waals surface area contributed by atoms with Crippen LogP contribution in [0.3, 0.4) is 0 Å². The lowest BCUT2D eigenvalue weighted by atomic mass is 10.3. The molecule has 6 nitrogen and oxygen atoms in total. The van der Waals surface area contributed by atoms with Crippen molar-refractivity contribution in [1.82, 2.24) is 4.98 Å². The number of unbranched alkanes of at least 4 members (excludes halogenated alkanes) is 1. The molecule has 3 N–H and O–H groups in total. The summed E-state index contributed by atoms with van der Waals surface area (Å²) in [6, 6.07) is 2.79. The summed E-state index contributed by atoms with van der Waals surface area (Å²) in [7, 11) is 0. The highest BCUT2D eigenvalue weighted by molar-refractivity contribution is 5.43. The van der Waals surface area contributed by atoms with Crippen LogP contribution in [0.4, 0.5) is 11.5 Å². The number of hydrogen-bond acceptors (Lipinski definition) is 5. The van der Waals surface area contributed by atoms with Crippen molar-refractivity contribution in [2.45, 2.75) is 12.8 Å². The molecule has 0 amide bonds. The van der Waals surface area contributed by atoms with Crippen LogP contribution in [0.2, 0.25) is 0 Å². The maximum Gasteiger partial charge on any atom is 0.274 e. The minimum atomic E-state index is -0.438. The molecule has 0 saturated carbocycles. The number of rotatable bonds is 6. The predicted molar refractivity (Wildman–Crippen MR) is 57.7 cm³/mol. The quantitative estimate of drug-likeness (QED) is 0.417. The average molecular weight is 210 g/mol. The first-order valence-corrected chi connectivity index (χ1v) is 4.78. The summed E-state index contributed by atoms with van der Waals surface area (Å²) in [5, 5.41) is 13.5. The van der Waals surface area contributed by atoms with Gasteiger partial charge in [-0.1, -0.05) is 0 Å². The van der Waals surface area contributed by atoms with Crippen LogP contribution in [-0.2, 0) is 0 Å². The second-order valence-electron chi connectivity index (χ2n) is 3.08. The van der Waals surface area contributed by atoms with Gasteiger partial charge in [-0.05, 0) is 19.4 Å². The molecule has 6 heteroatoms. The maximum absolute atomic E-state index is 10.5. The zero-order chi connectivity index (χ0) is 11.1. The average Bonchev–Trinajstić information content (AvgIpc) is 2.25. The zero-order valence-electron chi connectivity index (χ0n) is 8.35. The molecule has 0 aromatic carbocycles. The van der Waals surface area contributed by atoms with Crippen LogP contribution in [0, 0.1) is 10.1 Å². The van der Waals surface area contributed by atoms with Crippen molar-refractivity contribution in [3.63, 3.8) is 0 Å². The van der Waals surface area contributed by atoms with Gasteiger partial charge in [0.2, 0.25) is 0 Å². The Morgan fingerprint density at radius 3 is 3.00 bits per heavy atom. The predicted octanol–water partition coefficient (Wildman–Crippen LogP) is 1.14. The van der Waals surface area contributed by atoms with Crippen LogP contribution in [0.15, 0.2) is 18.3 Å². The second-order valence-corrected chi connectivity index (χ2v) is 3.08. The highest BCUT2D eigenvalue weighted by atomic mass is 16.6. The third-order valence-electron chi connectivity index (χ3n) is 1.89. The van der Waals surface area contributed by atoms with Gasteiger partial charge in [-0.2, -0.15) is 0 Å². The van der Waals surface area contributed by atoms with Crippen LogP contribution >= 0.6 is 0 Å². The Kier molecular flexibility index (Phi) is 4.49. The molecule has 0 aliphatic heterocycles. The molecule has 1 aromatic rings. The van der Waals surface area contributed by atoms with Gasteiger partial charge in [-0.25, -0.2) is 4.98 Å². The molecule has 0 aliphatic carbocycles. The number of nitrogens with two attached hydrogens (primary N) is 1. The number of pyridine rings is 1. The van der Waals surface area contributed by atoms with Crippen molar-refractivity contribution in [3.05, 3.63) is 28.4 Å². The fourth-order valence-corrected chi connectivity index (χ4v) is 1.12. The fourth-order valence-electron chi connectivity index (χ4n) is 1.12. The van der Waals surface area contributed by atoms with Gasteiger partial charge in [-0.15, -0.1) is 0 Å². The van der Waals surface area contributed by atoms with Gasteiger partial charge in [0.05, 0.1) is 11.0 Å². The van der Waals surface area contributed by atoms with E-state index in [1.165, 1.54) is 18.3 Å². The molecule has 15 heavy (non-hydrogen) atoms. The van der Waals surface area contributed by atoms with Crippen molar-refractivity contribution in [2.24, 2.45) is 5.73 Å². The maximum atomic E-state index is 10.5. The van der Waals surface area contributed by atoms with Gasteiger partial charge in [-0.3, -0.25) is 10.1 Å². The number of nitrogens with one attached hydrogen (secondary N) is 1. The Morgan fingerprint density at radius 2 is 2.33 bits per heavy atom. The highest BCUT2D eigenvalue weighted by Crippen LogP contribution is 2.13. The molecule has 82 valence electrons. The van der Waals surface area contributed by atoms with Crippen molar-refractivity contribution >= 4 is 11.5 Å². The molecule has 1 heterocycles. The number of anilines is 1. The van der Waals surface area contributed by atoms with Crippen LogP contribution < -0.4 is 11.1 Å². The molecular formula is C9H14N4O2. The molecule has 0 radical (unpaired) electrons. The van der Waals surface area contributed by atoms with Gasteiger partial charge < -0.3 is 11.1 Å². The monoisotopic (exact) mass is 210 g/mol. The van der Waals surface area contributed by atoms with E-state index in [1.54, 1.807) is 0 Å². The second kappa shape index (κ2) is 5.92. The lowest BCUT2D eigenvalue weighted by Crippen LogP contribution is -2.06. The van der Waals surface area contributed by atoms with E-state index in [-0.39, 0.29) is 5.69 Å². The van der Waals surface area contributed by atoms with E-state index in [2.05, 4.69) is 10.3 Å². The van der Waals surface area contributed by atoms with E-state index in [4.69, 9.17) is 5.73 Å². The van der Waals surface area contributed by atoms with Gasteiger partial charge >= 0.3 is 0 Å². The van der Waals surface area contributed by atoms with E-state index in [0.717, 1.165) is 19.4 Å². The minimum absolute atomic E-state index is 0.0475. The smallest absolute Gasteiger partial charge is 0.274 e. The lowest BCUT2D eigenvalue weighted by Gasteiger charge is -2.03. The number of nitrogens with zero attached hydrogens (tertiary/aromatic N) is 2. The minimum Gasteiger partial charge on any atom is -0.370 e. The molecular weight excluding hydrogens is 196 g/mol. The topological polar surface area (TPSA) is 94.1 Å². The first kappa shape index (κ1) is 11.4. The Balaban J connectivity index is 2.47. The van der Waals surface area contributed by atoms with Crippen molar-refractivity contribution < 1.29 is 4.92 Å². The first-order chi connectivity index (χ1) is 7.24. The molecule has 0 spiro atoms. The van der Waals surface area contributed by atoms with Crippen molar-refractivity contribution in [3.8, 4) is 0 Å². The number of nitro groups is 1. The summed E-state index contributed by atoms with van der Waals surface area (Å²) < 4.78 is 0. The molecule has 1 rings (SSSR count). The Hall–Kier alpha value is -1.69. The normalized spacial score (nSPS) is 9.93.